The maximum atomic E-state index is 13.1. The summed E-state index contributed by atoms with van der Waals surface area (Å²) in [4.78, 5) is 54.6. The molecule has 5 atom stereocenters. The van der Waals surface area contributed by atoms with Gasteiger partial charge in [-0.05, 0) is 55.0 Å². The first-order chi connectivity index (χ1) is 16.8. The highest BCUT2D eigenvalue weighted by Gasteiger charge is 2.59. The molecule has 1 saturated carbocycles. The number of nitrogens with zero attached hydrogens (tertiary/aromatic N) is 2. The Morgan fingerprint density at radius 2 is 1.69 bits per heavy atom. The van der Waals surface area contributed by atoms with E-state index >= 15 is 0 Å². The number of hydrogen-bond donors (Lipinski definition) is 0. The van der Waals surface area contributed by atoms with E-state index in [9.17, 15) is 19.2 Å². The topological polar surface area (TPSA) is 84.0 Å². The van der Waals surface area contributed by atoms with Gasteiger partial charge in [-0.2, -0.15) is 0 Å². The number of carbonyl (C=O) groups is 4. The number of halogens is 1. The first kappa shape index (κ1) is 22.0. The molecule has 2 aromatic rings. The van der Waals surface area contributed by atoms with Crippen LogP contribution in [0, 0.1) is 36.5 Å². The van der Waals surface area contributed by atoms with Crippen molar-refractivity contribution in [2.45, 2.75) is 19.8 Å². The third-order valence-electron chi connectivity index (χ3n) is 7.75. The molecule has 0 spiro atoms. The summed E-state index contributed by atoms with van der Waals surface area (Å²) in [5, 5.41) is 0.553. The molecule has 2 aliphatic carbocycles. The van der Waals surface area contributed by atoms with Gasteiger partial charge in [0.25, 0.3) is 0 Å². The van der Waals surface area contributed by atoms with Gasteiger partial charge >= 0.3 is 5.97 Å². The van der Waals surface area contributed by atoms with Crippen LogP contribution < -0.4 is 14.5 Å². The highest BCUT2D eigenvalue weighted by molar-refractivity contribution is 6.31. The van der Waals surface area contributed by atoms with Crippen molar-refractivity contribution in [2.75, 3.05) is 16.3 Å². The summed E-state index contributed by atoms with van der Waals surface area (Å²) in [5.74, 6) is -1.83. The van der Waals surface area contributed by atoms with Gasteiger partial charge < -0.3 is 9.64 Å². The molecular weight excluding hydrogens is 468 g/mol. The van der Waals surface area contributed by atoms with Crippen LogP contribution in [0.15, 0.2) is 54.6 Å². The Kier molecular flexibility index (Phi) is 5.07. The zero-order valence-electron chi connectivity index (χ0n) is 19.0. The monoisotopic (exact) mass is 490 g/mol. The van der Waals surface area contributed by atoms with Gasteiger partial charge in [0.1, 0.15) is 5.75 Å². The van der Waals surface area contributed by atoms with Gasteiger partial charge in [-0.1, -0.05) is 35.9 Å². The second-order valence-electron chi connectivity index (χ2n) is 9.72. The minimum absolute atomic E-state index is 0.0344. The smallest absolute Gasteiger partial charge is 0.316 e. The molecule has 178 valence electrons. The molecule has 3 fully saturated rings. The van der Waals surface area contributed by atoms with Gasteiger partial charge in [-0.25, -0.2) is 4.90 Å². The maximum Gasteiger partial charge on any atom is 0.316 e. The highest BCUT2D eigenvalue weighted by atomic mass is 35.5. The summed E-state index contributed by atoms with van der Waals surface area (Å²) in [7, 11) is 0. The number of hydrogen-bond acceptors (Lipinski definition) is 5. The maximum absolute atomic E-state index is 13.1. The lowest BCUT2D eigenvalue weighted by Gasteiger charge is -2.20. The van der Waals surface area contributed by atoms with Crippen molar-refractivity contribution in [3.63, 3.8) is 0 Å². The first-order valence-corrected chi connectivity index (χ1v) is 12.1. The Bertz CT molecular complexity index is 1290. The molecule has 6 rings (SSSR count). The number of anilines is 2. The fourth-order valence-electron chi connectivity index (χ4n) is 6.03. The summed E-state index contributed by atoms with van der Waals surface area (Å²) in [5.41, 5.74) is 1.86. The van der Waals surface area contributed by atoms with E-state index in [4.69, 9.17) is 16.3 Å². The van der Waals surface area contributed by atoms with Gasteiger partial charge in [0.05, 0.1) is 23.4 Å². The lowest BCUT2D eigenvalue weighted by atomic mass is 9.85. The van der Waals surface area contributed by atoms with E-state index in [2.05, 4.69) is 12.2 Å². The van der Waals surface area contributed by atoms with Crippen LogP contribution in [0.1, 0.15) is 18.4 Å². The minimum Gasteiger partial charge on any atom is -0.426 e. The Morgan fingerprint density at radius 1 is 1.00 bits per heavy atom. The number of carbonyl (C=O) groups excluding carboxylic acids is 4. The Balaban J connectivity index is 1.18. The summed E-state index contributed by atoms with van der Waals surface area (Å²) >= 11 is 6.20. The van der Waals surface area contributed by atoms with E-state index < -0.39 is 11.9 Å². The average molecular weight is 491 g/mol. The van der Waals surface area contributed by atoms with Crippen LogP contribution in [0.3, 0.4) is 0 Å². The summed E-state index contributed by atoms with van der Waals surface area (Å²) in [6.45, 7) is 2.03. The average Bonchev–Trinajstić information content (AvgIpc) is 3.59. The van der Waals surface area contributed by atoms with Gasteiger partial charge in [0, 0.05) is 29.7 Å². The van der Waals surface area contributed by atoms with Crippen LogP contribution in [0.2, 0.25) is 5.02 Å². The molecule has 0 radical (unpaired) electrons. The van der Waals surface area contributed by atoms with Crippen molar-refractivity contribution in [2.24, 2.45) is 29.6 Å². The van der Waals surface area contributed by atoms with Crippen LogP contribution in [0.4, 0.5) is 11.4 Å². The molecule has 2 aromatic carbocycles. The van der Waals surface area contributed by atoms with E-state index in [1.165, 1.54) is 4.90 Å². The number of allylic oxidation sites excluding steroid dienone is 2. The normalized spacial score (nSPS) is 28.9. The molecular formula is C27H23ClN2O5. The van der Waals surface area contributed by atoms with Crippen LogP contribution in [0.5, 0.6) is 5.75 Å². The fourth-order valence-corrected chi connectivity index (χ4v) is 6.20. The van der Waals surface area contributed by atoms with Crippen molar-refractivity contribution in [3.8, 4) is 5.75 Å². The molecule has 0 aromatic heterocycles. The number of imide groups is 1. The predicted molar refractivity (Wildman–Crippen MR) is 129 cm³/mol. The SMILES string of the molecule is Cc1c(Cl)cccc1N1C[C@H](C(=O)Oc2cccc(N3C(=O)[C@@H]4[C@H](C3=O)[C@H]3C=C[C@H]4C3)c2)CC1=O. The lowest BCUT2D eigenvalue weighted by Crippen LogP contribution is -2.32. The van der Waals surface area contributed by atoms with Crippen molar-refractivity contribution < 1.29 is 23.9 Å². The van der Waals surface area contributed by atoms with E-state index in [0.717, 1.165) is 12.0 Å². The molecule has 2 aliphatic heterocycles. The summed E-state index contributed by atoms with van der Waals surface area (Å²) in [6.07, 6.45) is 5.00. The number of benzene rings is 2. The van der Waals surface area contributed by atoms with Crippen molar-refractivity contribution in [3.05, 3.63) is 65.2 Å². The largest absolute Gasteiger partial charge is 0.426 e. The van der Waals surface area contributed by atoms with Crippen LogP contribution >= 0.6 is 11.6 Å². The lowest BCUT2D eigenvalue weighted by molar-refractivity contribution is -0.139. The van der Waals surface area contributed by atoms with Crippen molar-refractivity contribution in [1.29, 1.82) is 0 Å². The third-order valence-corrected chi connectivity index (χ3v) is 8.16. The molecule has 0 N–H and O–H groups in total. The fraction of sp³-hybridized carbons (Fsp3) is 0.333. The second kappa shape index (κ2) is 8.05. The van der Waals surface area contributed by atoms with E-state index in [1.54, 1.807) is 47.4 Å². The zero-order valence-corrected chi connectivity index (χ0v) is 19.8. The van der Waals surface area contributed by atoms with E-state index in [1.807, 2.05) is 6.92 Å². The first-order valence-electron chi connectivity index (χ1n) is 11.8. The van der Waals surface area contributed by atoms with Crippen molar-refractivity contribution in [1.82, 2.24) is 0 Å². The van der Waals surface area contributed by atoms with Gasteiger partial charge in [0.2, 0.25) is 17.7 Å². The third kappa shape index (κ3) is 3.40. The second-order valence-corrected chi connectivity index (χ2v) is 10.1. The molecule has 7 nitrogen and oxygen atoms in total. The molecule has 2 bridgehead atoms. The van der Waals surface area contributed by atoms with Crippen LogP contribution in [-0.4, -0.2) is 30.2 Å². The van der Waals surface area contributed by atoms with Gasteiger partial charge in [-0.15, -0.1) is 0 Å². The number of ether oxygens (including phenoxy) is 1. The Morgan fingerprint density at radius 3 is 2.40 bits per heavy atom. The predicted octanol–water partition coefficient (Wildman–Crippen LogP) is 3.92. The zero-order chi connectivity index (χ0) is 24.4. The summed E-state index contributed by atoms with van der Waals surface area (Å²) in [6, 6.07) is 11.8. The highest BCUT2D eigenvalue weighted by Crippen LogP contribution is 2.53. The number of amides is 3. The standard InChI is InChI=1S/C27H23ClN2O5/c1-14-20(28)6-3-7-21(14)29-13-17(11-22(29)31)27(34)35-19-5-2-4-18(12-19)30-25(32)23-15-8-9-16(10-15)24(23)26(30)33/h2-9,12,15-17,23-24H,10-11,13H2,1H3/t15-,16-,17+,23-,24+/m0/s1. The van der Waals surface area contributed by atoms with E-state index in [-0.39, 0.29) is 60.1 Å². The van der Waals surface area contributed by atoms with Gasteiger partial charge in [0.15, 0.2) is 0 Å². The molecule has 2 heterocycles. The van der Waals surface area contributed by atoms with Crippen LogP contribution in [-0.2, 0) is 19.2 Å². The Labute approximate surface area is 207 Å². The molecule has 4 aliphatic rings. The minimum atomic E-state index is -0.638. The van der Waals surface area contributed by atoms with Gasteiger partial charge in [-0.3, -0.25) is 19.2 Å². The molecule has 0 unspecified atom stereocenters. The number of esters is 1. The number of rotatable bonds is 4. The molecule has 8 heteroatoms. The Hall–Kier alpha value is -3.45. The summed E-state index contributed by atoms with van der Waals surface area (Å²) < 4.78 is 5.60. The quantitative estimate of drug-likeness (QED) is 0.281. The van der Waals surface area contributed by atoms with Crippen molar-refractivity contribution >= 4 is 46.7 Å². The number of fused-ring (bicyclic) bond motifs is 5. The molecule has 3 amide bonds. The molecule has 35 heavy (non-hydrogen) atoms. The van der Waals surface area contributed by atoms with E-state index in [0.29, 0.717) is 16.4 Å². The van der Waals surface area contributed by atoms with Crippen LogP contribution in [0.25, 0.3) is 0 Å². The molecule has 2 saturated heterocycles.